The van der Waals surface area contributed by atoms with Crippen molar-refractivity contribution in [2.75, 3.05) is 31.1 Å². The van der Waals surface area contributed by atoms with Gasteiger partial charge in [0, 0.05) is 55.1 Å². The van der Waals surface area contributed by atoms with Gasteiger partial charge in [-0.25, -0.2) is 0 Å². The second-order valence-corrected chi connectivity index (χ2v) is 9.17. The first kappa shape index (κ1) is 18.1. The van der Waals surface area contributed by atoms with Crippen LogP contribution in [-0.2, 0) is 4.79 Å². The molecule has 0 fully saturated rings. The van der Waals surface area contributed by atoms with Crippen LogP contribution in [0.2, 0.25) is 0 Å². The van der Waals surface area contributed by atoms with E-state index in [1.54, 1.807) is 0 Å². The lowest BCUT2D eigenvalue weighted by molar-refractivity contribution is -0.118. The van der Waals surface area contributed by atoms with Gasteiger partial charge in [0.2, 0.25) is 6.79 Å². The van der Waals surface area contributed by atoms with Crippen molar-refractivity contribution < 1.29 is 14.3 Å². The Kier molecular flexibility index (Phi) is 3.92. The van der Waals surface area contributed by atoms with Gasteiger partial charge in [-0.3, -0.25) is 4.79 Å². The summed E-state index contributed by atoms with van der Waals surface area (Å²) in [5, 5.41) is 3.56. The van der Waals surface area contributed by atoms with Gasteiger partial charge in [0.15, 0.2) is 17.3 Å². The van der Waals surface area contributed by atoms with E-state index in [2.05, 4.69) is 48.3 Å². The fourth-order valence-corrected chi connectivity index (χ4v) is 4.72. The largest absolute Gasteiger partial charge is 0.454 e. The molecule has 2 heterocycles. The highest BCUT2D eigenvalue weighted by atomic mass is 16.7. The highest BCUT2D eigenvalue weighted by Gasteiger charge is 2.41. The Balaban J connectivity index is 1.69. The first-order valence-electron chi connectivity index (χ1n) is 10.1. The number of nitrogens with one attached hydrogen (secondary N) is 1. The van der Waals surface area contributed by atoms with Crippen LogP contribution in [0.25, 0.3) is 0 Å². The number of benzene rings is 2. The molecule has 0 spiro atoms. The zero-order valence-electron chi connectivity index (χ0n) is 17.3. The maximum Gasteiger partial charge on any atom is 0.231 e. The molecule has 0 saturated heterocycles. The first-order chi connectivity index (χ1) is 13.8. The van der Waals surface area contributed by atoms with Gasteiger partial charge in [0.05, 0.1) is 0 Å². The summed E-state index contributed by atoms with van der Waals surface area (Å²) in [5.74, 6) is 1.63. The molecule has 3 aliphatic rings. The van der Waals surface area contributed by atoms with Gasteiger partial charge in [-0.1, -0.05) is 26.0 Å². The highest BCUT2D eigenvalue weighted by molar-refractivity contribution is 6.01. The molecule has 2 aliphatic heterocycles. The van der Waals surface area contributed by atoms with Crippen LogP contribution in [0.4, 0.5) is 11.4 Å². The molecule has 1 aliphatic carbocycles. The number of rotatable bonds is 2. The fourth-order valence-electron chi connectivity index (χ4n) is 4.72. The predicted octanol–water partition coefficient (Wildman–Crippen LogP) is 4.68. The quantitative estimate of drug-likeness (QED) is 0.807. The van der Waals surface area contributed by atoms with Gasteiger partial charge >= 0.3 is 0 Å². The Morgan fingerprint density at radius 1 is 1.03 bits per heavy atom. The molecule has 1 atom stereocenters. The van der Waals surface area contributed by atoms with Crippen molar-refractivity contribution in [2.45, 2.75) is 32.6 Å². The first-order valence-corrected chi connectivity index (χ1v) is 10.1. The summed E-state index contributed by atoms with van der Waals surface area (Å²) < 4.78 is 11.2. The standard InChI is InChI=1S/C24H26N2O3/c1-24(2)11-18-23(19(27)12-24)22(14-5-7-15(8-6-14)26(3)4)16-9-20-21(29-13-28-20)10-17(16)25-18/h5-10,22,25H,11-13H2,1-4H3/t22-/m1/s1. The van der Waals surface area contributed by atoms with E-state index < -0.39 is 0 Å². The summed E-state index contributed by atoms with van der Waals surface area (Å²) in [6.45, 7) is 4.55. The van der Waals surface area contributed by atoms with E-state index in [1.807, 2.05) is 26.2 Å². The second-order valence-electron chi connectivity index (χ2n) is 9.17. The van der Waals surface area contributed by atoms with Crippen LogP contribution in [0.15, 0.2) is 47.7 Å². The number of ether oxygens (including phenoxy) is 2. The minimum atomic E-state index is -0.101. The SMILES string of the molecule is CN(C)c1ccc([C@H]2C3=C(CC(C)(C)CC3=O)Nc3cc4c(cc32)OCO4)cc1. The molecule has 2 aromatic rings. The number of allylic oxidation sites excluding steroid dienone is 2. The third-order valence-corrected chi connectivity index (χ3v) is 6.09. The summed E-state index contributed by atoms with van der Waals surface area (Å²) in [6, 6.07) is 12.5. The number of carbonyl (C=O) groups excluding carboxylic acids is 1. The van der Waals surface area contributed by atoms with Crippen LogP contribution >= 0.6 is 0 Å². The lowest BCUT2D eigenvalue weighted by Crippen LogP contribution is -2.33. The number of ketones is 1. The van der Waals surface area contributed by atoms with E-state index in [9.17, 15) is 4.79 Å². The molecule has 150 valence electrons. The number of anilines is 2. The lowest BCUT2D eigenvalue weighted by Gasteiger charge is -2.39. The number of carbonyl (C=O) groups is 1. The summed E-state index contributed by atoms with van der Waals surface area (Å²) in [6.07, 6.45) is 1.42. The number of nitrogens with zero attached hydrogens (tertiary/aromatic N) is 1. The molecule has 5 rings (SSSR count). The van der Waals surface area contributed by atoms with Gasteiger partial charge < -0.3 is 19.7 Å². The Morgan fingerprint density at radius 2 is 1.72 bits per heavy atom. The van der Waals surface area contributed by atoms with Crippen molar-refractivity contribution in [1.82, 2.24) is 0 Å². The number of hydrogen-bond acceptors (Lipinski definition) is 5. The molecule has 0 bridgehead atoms. The number of fused-ring (bicyclic) bond motifs is 2. The third kappa shape index (κ3) is 2.96. The van der Waals surface area contributed by atoms with E-state index in [4.69, 9.17) is 9.47 Å². The van der Waals surface area contributed by atoms with E-state index in [1.165, 1.54) is 0 Å². The summed E-state index contributed by atoms with van der Waals surface area (Å²) in [7, 11) is 4.06. The second kappa shape index (κ2) is 6.28. The summed E-state index contributed by atoms with van der Waals surface area (Å²) >= 11 is 0. The van der Waals surface area contributed by atoms with Crippen LogP contribution in [0.5, 0.6) is 11.5 Å². The van der Waals surface area contributed by atoms with Crippen LogP contribution < -0.4 is 19.7 Å². The van der Waals surface area contributed by atoms with Crippen LogP contribution in [-0.4, -0.2) is 26.7 Å². The molecular formula is C24H26N2O3. The van der Waals surface area contributed by atoms with Gasteiger partial charge in [-0.2, -0.15) is 0 Å². The summed E-state index contributed by atoms with van der Waals surface area (Å²) in [4.78, 5) is 15.4. The van der Waals surface area contributed by atoms with Crippen molar-refractivity contribution in [3.05, 3.63) is 58.8 Å². The molecule has 5 heteroatoms. The maximum absolute atomic E-state index is 13.3. The average molecular weight is 390 g/mol. The minimum Gasteiger partial charge on any atom is -0.454 e. The zero-order valence-corrected chi connectivity index (χ0v) is 17.3. The number of Topliss-reactive ketones (excluding diaryl/α,β-unsaturated/α-hetero) is 1. The molecule has 5 nitrogen and oxygen atoms in total. The minimum absolute atomic E-state index is 0.0455. The smallest absolute Gasteiger partial charge is 0.231 e. The van der Waals surface area contributed by atoms with E-state index >= 15 is 0 Å². The monoisotopic (exact) mass is 390 g/mol. The van der Waals surface area contributed by atoms with Gasteiger partial charge in [-0.05, 0) is 41.2 Å². The van der Waals surface area contributed by atoms with Crippen molar-refractivity contribution >= 4 is 17.2 Å². The molecule has 0 radical (unpaired) electrons. The third-order valence-electron chi connectivity index (χ3n) is 6.09. The van der Waals surface area contributed by atoms with Crippen molar-refractivity contribution in [3.63, 3.8) is 0 Å². The zero-order chi connectivity index (χ0) is 20.3. The van der Waals surface area contributed by atoms with Gasteiger partial charge in [-0.15, -0.1) is 0 Å². The molecule has 0 aromatic heterocycles. The van der Waals surface area contributed by atoms with Gasteiger partial charge in [0.25, 0.3) is 0 Å². The van der Waals surface area contributed by atoms with Crippen LogP contribution in [0.1, 0.15) is 43.7 Å². The normalized spacial score (nSPS) is 21.4. The average Bonchev–Trinajstić information content (AvgIpc) is 3.11. The molecule has 2 aromatic carbocycles. The lowest BCUT2D eigenvalue weighted by atomic mass is 9.68. The molecular weight excluding hydrogens is 364 g/mol. The van der Waals surface area contributed by atoms with Crippen molar-refractivity contribution in [1.29, 1.82) is 0 Å². The number of hydrogen-bond donors (Lipinski definition) is 1. The Morgan fingerprint density at radius 3 is 2.41 bits per heavy atom. The fraction of sp³-hybridized carbons (Fsp3) is 0.375. The van der Waals surface area contributed by atoms with Crippen LogP contribution in [0, 0.1) is 5.41 Å². The molecule has 1 N–H and O–H groups in total. The van der Waals surface area contributed by atoms with E-state index in [-0.39, 0.29) is 23.9 Å². The maximum atomic E-state index is 13.3. The molecule has 29 heavy (non-hydrogen) atoms. The highest BCUT2D eigenvalue weighted by Crippen LogP contribution is 2.51. The Bertz CT molecular complexity index is 1030. The topological polar surface area (TPSA) is 50.8 Å². The molecule has 0 amide bonds. The van der Waals surface area contributed by atoms with Gasteiger partial charge in [0.1, 0.15) is 0 Å². The van der Waals surface area contributed by atoms with Crippen molar-refractivity contribution in [2.24, 2.45) is 5.41 Å². The Labute approximate surface area is 171 Å². The van der Waals surface area contributed by atoms with E-state index in [0.717, 1.165) is 51.7 Å². The molecule has 0 saturated carbocycles. The van der Waals surface area contributed by atoms with Crippen molar-refractivity contribution in [3.8, 4) is 11.5 Å². The molecule has 0 unspecified atom stereocenters. The summed E-state index contributed by atoms with van der Waals surface area (Å²) in [5.41, 5.74) is 6.22. The van der Waals surface area contributed by atoms with Crippen LogP contribution in [0.3, 0.4) is 0 Å². The predicted molar refractivity (Wildman–Crippen MR) is 114 cm³/mol. The van der Waals surface area contributed by atoms with E-state index in [0.29, 0.717) is 6.42 Å². The Hall–Kier alpha value is -2.95.